The predicted octanol–water partition coefficient (Wildman–Crippen LogP) is 2.08. The lowest BCUT2D eigenvalue weighted by atomic mass is 9.46. The van der Waals surface area contributed by atoms with Gasteiger partial charge in [0.1, 0.15) is 0 Å². The largest absolute Gasteiger partial charge is 0.377 e. The van der Waals surface area contributed by atoms with E-state index in [1.807, 2.05) is 6.20 Å². The number of hydrogen-bond donors (Lipinski definition) is 1. The molecule has 4 nitrogen and oxygen atoms in total. The minimum absolute atomic E-state index is 0.276. The molecule has 2 aliphatic carbocycles. The van der Waals surface area contributed by atoms with Crippen LogP contribution in [0.5, 0.6) is 0 Å². The van der Waals surface area contributed by atoms with Gasteiger partial charge in [0.2, 0.25) is 0 Å². The Hall–Kier alpha value is -1.00. The molecule has 19 heavy (non-hydrogen) atoms. The number of ether oxygens (including phenoxy) is 1. The molecule has 3 fully saturated rings. The zero-order valence-corrected chi connectivity index (χ0v) is 11.4. The lowest BCUT2D eigenvalue weighted by Crippen LogP contribution is -2.71. The molecule has 0 radical (unpaired) electrons. The summed E-state index contributed by atoms with van der Waals surface area (Å²) in [6.45, 7) is 3.15. The average molecular weight is 259 g/mol. The molecule has 102 valence electrons. The lowest BCUT2D eigenvalue weighted by molar-refractivity contribution is -0.178. The van der Waals surface area contributed by atoms with Gasteiger partial charge in [0.25, 0.3) is 0 Å². The van der Waals surface area contributed by atoms with E-state index in [0.717, 1.165) is 18.2 Å². The van der Waals surface area contributed by atoms with Crippen LogP contribution in [0.15, 0.2) is 18.6 Å². The topological polar surface area (TPSA) is 47.0 Å². The fourth-order valence-electron chi connectivity index (χ4n) is 4.38. The van der Waals surface area contributed by atoms with Crippen molar-refractivity contribution in [3.63, 3.8) is 0 Å². The van der Waals surface area contributed by atoms with Gasteiger partial charge in [-0.3, -0.25) is 9.97 Å². The summed E-state index contributed by atoms with van der Waals surface area (Å²) in [6, 6.07) is 0.892. The first-order valence-electron chi connectivity index (χ1n) is 7.45. The Bertz CT molecular complexity index is 460. The first kappa shape index (κ1) is 11.8. The number of aromatic nitrogens is 2. The molecule has 0 unspecified atom stereocenters. The van der Waals surface area contributed by atoms with Gasteiger partial charge in [0.05, 0.1) is 11.8 Å². The summed E-state index contributed by atoms with van der Waals surface area (Å²) >= 11 is 0. The molecule has 3 aliphatic rings. The maximum absolute atomic E-state index is 5.96. The molecule has 1 N–H and O–H groups in total. The maximum atomic E-state index is 5.96. The molecule has 2 heterocycles. The van der Waals surface area contributed by atoms with Crippen molar-refractivity contribution < 1.29 is 4.74 Å². The van der Waals surface area contributed by atoms with Gasteiger partial charge in [-0.1, -0.05) is 6.42 Å². The van der Waals surface area contributed by atoms with Gasteiger partial charge in [-0.25, -0.2) is 0 Å². The summed E-state index contributed by atoms with van der Waals surface area (Å²) in [5.41, 5.74) is 1.48. The summed E-state index contributed by atoms with van der Waals surface area (Å²) in [7, 11) is 0. The van der Waals surface area contributed by atoms with E-state index in [2.05, 4.69) is 22.2 Å². The second-order valence-corrected chi connectivity index (χ2v) is 6.33. The number of hydrogen-bond acceptors (Lipinski definition) is 4. The van der Waals surface area contributed by atoms with E-state index in [-0.39, 0.29) is 6.04 Å². The zero-order chi connectivity index (χ0) is 12.9. The van der Waals surface area contributed by atoms with Gasteiger partial charge in [-0.15, -0.1) is 0 Å². The molecule has 1 saturated heterocycles. The van der Waals surface area contributed by atoms with Gasteiger partial charge in [0, 0.05) is 48.6 Å². The highest BCUT2D eigenvalue weighted by Gasteiger charge is 2.66. The van der Waals surface area contributed by atoms with Crippen LogP contribution in [0.25, 0.3) is 0 Å². The highest BCUT2D eigenvalue weighted by Crippen LogP contribution is 2.63. The van der Waals surface area contributed by atoms with Crippen molar-refractivity contribution in [2.75, 3.05) is 6.61 Å². The van der Waals surface area contributed by atoms with E-state index in [0.29, 0.717) is 17.6 Å². The Morgan fingerprint density at radius 2 is 2.32 bits per heavy atom. The van der Waals surface area contributed by atoms with Crippen LogP contribution in [-0.2, 0) is 4.74 Å². The molecule has 4 rings (SSSR count). The smallest absolute Gasteiger partial charge is 0.0753 e. The fourth-order valence-corrected chi connectivity index (χ4v) is 4.38. The molecule has 2 saturated carbocycles. The second-order valence-electron chi connectivity index (χ2n) is 6.33. The number of fused-ring (bicyclic) bond motifs is 2. The van der Waals surface area contributed by atoms with E-state index < -0.39 is 0 Å². The SMILES string of the molecule is C[C@H](N[C@@H]1[C@@H]2CCO[C@H]2C12CCC2)c1cnccn1. The Morgan fingerprint density at radius 1 is 1.42 bits per heavy atom. The Balaban J connectivity index is 1.50. The van der Waals surface area contributed by atoms with Gasteiger partial charge in [-0.2, -0.15) is 0 Å². The second kappa shape index (κ2) is 4.25. The highest BCUT2D eigenvalue weighted by atomic mass is 16.5. The highest BCUT2D eigenvalue weighted by molar-refractivity contribution is 5.19. The summed E-state index contributed by atoms with van der Waals surface area (Å²) in [6.07, 6.45) is 11.2. The fraction of sp³-hybridized carbons (Fsp3) is 0.733. The van der Waals surface area contributed by atoms with Crippen LogP contribution in [0.3, 0.4) is 0 Å². The molecule has 1 aliphatic heterocycles. The van der Waals surface area contributed by atoms with Crippen molar-refractivity contribution in [1.29, 1.82) is 0 Å². The van der Waals surface area contributed by atoms with E-state index >= 15 is 0 Å². The van der Waals surface area contributed by atoms with Crippen LogP contribution in [0, 0.1) is 11.3 Å². The molecule has 4 heteroatoms. The molecule has 1 spiro atoms. The first-order valence-corrected chi connectivity index (χ1v) is 7.45. The van der Waals surface area contributed by atoms with Crippen LogP contribution in [0.1, 0.15) is 44.3 Å². The van der Waals surface area contributed by atoms with Crippen LogP contribution in [0.4, 0.5) is 0 Å². The van der Waals surface area contributed by atoms with Crippen molar-refractivity contribution in [3.8, 4) is 0 Å². The van der Waals surface area contributed by atoms with E-state index in [1.165, 1.54) is 25.7 Å². The minimum atomic E-state index is 0.276. The van der Waals surface area contributed by atoms with Crippen LogP contribution in [-0.4, -0.2) is 28.7 Å². The normalized spacial score (nSPS) is 36.4. The average Bonchev–Trinajstić information content (AvgIpc) is 2.80. The molecule has 0 bridgehead atoms. The maximum Gasteiger partial charge on any atom is 0.0753 e. The zero-order valence-electron chi connectivity index (χ0n) is 11.4. The van der Waals surface area contributed by atoms with Crippen molar-refractivity contribution in [2.24, 2.45) is 11.3 Å². The van der Waals surface area contributed by atoms with Crippen LogP contribution >= 0.6 is 0 Å². The summed E-state index contributed by atoms with van der Waals surface area (Å²) < 4.78 is 5.96. The Morgan fingerprint density at radius 3 is 3.00 bits per heavy atom. The van der Waals surface area contributed by atoms with E-state index in [4.69, 9.17) is 4.74 Å². The van der Waals surface area contributed by atoms with Crippen molar-refractivity contribution in [3.05, 3.63) is 24.3 Å². The van der Waals surface area contributed by atoms with Crippen molar-refractivity contribution >= 4 is 0 Å². The summed E-state index contributed by atoms with van der Waals surface area (Å²) in [4.78, 5) is 8.58. The predicted molar refractivity (Wildman–Crippen MR) is 71.5 cm³/mol. The number of rotatable bonds is 3. The Labute approximate surface area is 114 Å². The quantitative estimate of drug-likeness (QED) is 0.903. The van der Waals surface area contributed by atoms with Crippen LogP contribution in [0.2, 0.25) is 0 Å². The third kappa shape index (κ3) is 1.59. The third-order valence-corrected chi connectivity index (χ3v) is 5.49. The van der Waals surface area contributed by atoms with Gasteiger partial charge in [0.15, 0.2) is 0 Å². The standard InChI is InChI=1S/C15H21N3O/c1-10(12-9-16-6-7-17-12)18-13-11-3-8-19-14(11)15(13)4-2-5-15/h6-7,9-11,13-14,18H,2-5,8H2,1H3/t10-,11-,13+,14+/m0/s1. The first-order chi connectivity index (χ1) is 9.31. The minimum Gasteiger partial charge on any atom is -0.377 e. The van der Waals surface area contributed by atoms with Gasteiger partial charge < -0.3 is 10.1 Å². The molecule has 4 atom stereocenters. The molecule has 0 amide bonds. The number of nitrogens with zero attached hydrogens (tertiary/aromatic N) is 2. The molecule has 0 aromatic carbocycles. The van der Waals surface area contributed by atoms with Crippen molar-refractivity contribution in [2.45, 2.75) is 50.8 Å². The van der Waals surface area contributed by atoms with Gasteiger partial charge in [-0.05, 0) is 26.2 Å². The third-order valence-electron chi connectivity index (χ3n) is 5.49. The summed E-state index contributed by atoms with van der Waals surface area (Å²) in [5.74, 6) is 0.722. The lowest BCUT2D eigenvalue weighted by Gasteiger charge is -2.64. The van der Waals surface area contributed by atoms with Crippen LogP contribution < -0.4 is 5.32 Å². The van der Waals surface area contributed by atoms with Gasteiger partial charge >= 0.3 is 0 Å². The molecule has 1 aromatic rings. The molecule has 1 aromatic heterocycles. The molecular weight excluding hydrogens is 238 g/mol. The summed E-state index contributed by atoms with van der Waals surface area (Å²) in [5, 5.41) is 3.81. The van der Waals surface area contributed by atoms with Crippen molar-refractivity contribution in [1.82, 2.24) is 15.3 Å². The van der Waals surface area contributed by atoms with E-state index in [9.17, 15) is 0 Å². The van der Waals surface area contributed by atoms with E-state index in [1.54, 1.807) is 12.4 Å². The Kier molecular flexibility index (Phi) is 2.64. The number of nitrogens with one attached hydrogen (secondary N) is 1. The molecular formula is C15H21N3O. The monoisotopic (exact) mass is 259 g/mol.